The lowest BCUT2D eigenvalue weighted by atomic mass is 9.44. The molecule has 0 radical (unpaired) electrons. The summed E-state index contributed by atoms with van der Waals surface area (Å²) in [5.41, 5.74) is 1.45. The number of fused-ring (bicyclic) bond motifs is 3. The molecule has 1 N–H and O–H groups in total. The zero-order valence-electron chi connectivity index (χ0n) is 22.3. The Bertz CT molecular complexity index is 1010. The van der Waals surface area contributed by atoms with Crippen LogP contribution >= 0.6 is 0 Å². The molecular formula is C30H44O4. The van der Waals surface area contributed by atoms with E-state index in [9.17, 15) is 9.90 Å². The maximum absolute atomic E-state index is 13.9. The SMILES string of the molecule is CC1(C)CC[C@@H](C2(C)OC(=O)[C@]34C=CC5=C(CCC6C(C)(C)[C@@H](O)CC[C@]56C)C3(C)CCC24)O1. The summed E-state index contributed by atoms with van der Waals surface area (Å²) < 4.78 is 12.9. The first-order valence-electron chi connectivity index (χ1n) is 13.8. The molecule has 4 nitrogen and oxygen atoms in total. The van der Waals surface area contributed by atoms with Crippen molar-refractivity contribution in [1.82, 2.24) is 0 Å². The molecule has 6 rings (SSSR count). The Morgan fingerprint density at radius 2 is 1.65 bits per heavy atom. The van der Waals surface area contributed by atoms with Crippen molar-refractivity contribution in [2.24, 2.45) is 33.5 Å². The maximum atomic E-state index is 13.9. The molecule has 0 aromatic carbocycles. The molecule has 4 heteroatoms. The number of ether oxygens (including phenoxy) is 2. The summed E-state index contributed by atoms with van der Waals surface area (Å²) in [7, 11) is 0. The fourth-order valence-corrected chi connectivity index (χ4v) is 10.1. The Labute approximate surface area is 205 Å². The first kappa shape index (κ1) is 23.3. The number of allylic oxidation sites excluding steroid dienone is 3. The molecule has 2 saturated carbocycles. The molecule has 2 saturated heterocycles. The van der Waals surface area contributed by atoms with Crippen molar-refractivity contribution >= 4 is 5.97 Å². The van der Waals surface area contributed by atoms with Crippen molar-refractivity contribution in [2.75, 3.05) is 0 Å². The van der Waals surface area contributed by atoms with Crippen LogP contribution in [0.3, 0.4) is 0 Å². The quantitative estimate of drug-likeness (QED) is 0.471. The summed E-state index contributed by atoms with van der Waals surface area (Å²) in [5.74, 6) is 0.580. The van der Waals surface area contributed by atoms with Gasteiger partial charge < -0.3 is 14.6 Å². The normalized spacial score (nSPS) is 52.6. The number of aliphatic hydroxyl groups is 1. The van der Waals surface area contributed by atoms with Gasteiger partial charge in [-0.3, -0.25) is 4.79 Å². The Morgan fingerprint density at radius 1 is 0.912 bits per heavy atom. The van der Waals surface area contributed by atoms with Gasteiger partial charge in [0.05, 0.1) is 17.8 Å². The third-order valence-electron chi connectivity index (χ3n) is 12.1. The van der Waals surface area contributed by atoms with Crippen LogP contribution in [0, 0.1) is 33.5 Å². The molecule has 4 aliphatic carbocycles. The van der Waals surface area contributed by atoms with E-state index >= 15 is 0 Å². The van der Waals surface area contributed by atoms with Gasteiger partial charge in [-0.2, -0.15) is 0 Å². The molecule has 0 bridgehead atoms. The van der Waals surface area contributed by atoms with Gasteiger partial charge in [-0.25, -0.2) is 0 Å². The van der Waals surface area contributed by atoms with Gasteiger partial charge in [-0.15, -0.1) is 0 Å². The average molecular weight is 469 g/mol. The van der Waals surface area contributed by atoms with Gasteiger partial charge in [0.2, 0.25) is 0 Å². The van der Waals surface area contributed by atoms with Gasteiger partial charge in [-0.1, -0.05) is 45.4 Å². The number of hydrogen-bond acceptors (Lipinski definition) is 4. The molecule has 188 valence electrons. The van der Waals surface area contributed by atoms with Crippen LogP contribution in [-0.2, 0) is 14.3 Å². The summed E-state index contributed by atoms with van der Waals surface area (Å²) in [4.78, 5) is 13.9. The second kappa shape index (κ2) is 6.59. The molecule has 34 heavy (non-hydrogen) atoms. The van der Waals surface area contributed by atoms with E-state index in [1.54, 1.807) is 0 Å². The fraction of sp³-hybridized carbons (Fsp3) is 0.833. The number of aliphatic hydroxyl groups excluding tert-OH is 1. The van der Waals surface area contributed by atoms with Crippen LogP contribution < -0.4 is 0 Å². The van der Waals surface area contributed by atoms with E-state index in [0.29, 0.717) is 5.92 Å². The van der Waals surface area contributed by atoms with Gasteiger partial charge in [0.1, 0.15) is 11.0 Å². The minimum Gasteiger partial charge on any atom is -0.456 e. The minimum atomic E-state index is -0.580. The standard InChI is InChI=1S/C30H44O4/c1-25(2)14-13-23(33-25)29(7)21-11-16-28(6)19-8-9-20-26(3,4)22(31)12-15-27(20,5)18(19)10-17-30(21,28)24(32)34-29/h10,17,20-23,31H,8-9,11-16H2,1-7H3/t20?,21?,22-,23-,27+,28?,29?,30+/m0/s1. The zero-order valence-corrected chi connectivity index (χ0v) is 22.3. The number of carbonyl (C=O) groups excluding carboxylic acids is 1. The monoisotopic (exact) mass is 468 g/mol. The van der Waals surface area contributed by atoms with Crippen molar-refractivity contribution < 1.29 is 19.4 Å². The van der Waals surface area contributed by atoms with Crippen LogP contribution in [0.5, 0.6) is 0 Å². The first-order chi connectivity index (χ1) is 15.7. The lowest BCUT2D eigenvalue weighted by Gasteiger charge is -2.59. The highest BCUT2D eigenvalue weighted by molar-refractivity contribution is 5.86. The molecular weight excluding hydrogens is 424 g/mol. The second-order valence-electron chi connectivity index (χ2n) is 14.4. The van der Waals surface area contributed by atoms with Gasteiger partial charge in [-0.05, 0) is 94.5 Å². The summed E-state index contributed by atoms with van der Waals surface area (Å²) >= 11 is 0. The van der Waals surface area contributed by atoms with Crippen molar-refractivity contribution in [3.8, 4) is 0 Å². The Kier molecular flexibility index (Phi) is 4.51. The van der Waals surface area contributed by atoms with Crippen LogP contribution in [0.2, 0.25) is 0 Å². The third-order valence-corrected chi connectivity index (χ3v) is 12.1. The summed E-state index contributed by atoms with van der Waals surface area (Å²) in [6, 6.07) is 0. The lowest BCUT2D eigenvalue weighted by Crippen LogP contribution is -2.55. The molecule has 2 aliphatic heterocycles. The van der Waals surface area contributed by atoms with Crippen molar-refractivity contribution in [2.45, 2.75) is 123 Å². The predicted molar refractivity (Wildman–Crippen MR) is 132 cm³/mol. The molecule has 4 unspecified atom stereocenters. The van der Waals surface area contributed by atoms with Crippen LogP contribution in [-0.4, -0.2) is 34.5 Å². The molecule has 2 heterocycles. The second-order valence-corrected chi connectivity index (χ2v) is 14.4. The number of esters is 1. The van der Waals surface area contributed by atoms with E-state index in [4.69, 9.17) is 9.47 Å². The van der Waals surface area contributed by atoms with Crippen LogP contribution in [0.4, 0.5) is 0 Å². The summed E-state index contributed by atoms with van der Waals surface area (Å²) in [6.45, 7) is 15.8. The Morgan fingerprint density at radius 3 is 2.32 bits per heavy atom. The Hall–Kier alpha value is -1.13. The molecule has 0 aromatic rings. The molecule has 0 aromatic heterocycles. The van der Waals surface area contributed by atoms with Crippen molar-refractivity contribution in [3.63, 3.8) is 0 Å². The maximum Gasteiger partial charge on any atom is 0.317 e. The summed E-state index contributed by atoms with van der Waals surface area (Å²) in [5, 5.41) is 10.8. The van der Waals surface area contributed by atoms with Crippen LogP contribution in [0.15, 0.2) is 23.3 Å². The highest BCUT2D eigenvalue weighted by Gasteiger charge is 2.76. The fourth-order valence-electron chi connectivity index (χ4n) is 10.1. The van der Waals surface area contributed by atoms with E-state index in [2.05, 4.69) is 60.6 Å². The highest BCUT2D eigenvalue weighted by atomic mass is 16.6. The smallest absolute Gasteiger partial charge is 0.317 e. The van der Waals surface area contributed by atoms with Gasteiger partial charge in [0.15, 0.2) is 0 Å². The van der Waals surface area contributed by atoms with E-state index < -0.39 is 11.0 Å². The molecule has 1 spiro atoms. The molecule has 8 atom stereocenters. The third kappa shape index (κ3) is 2.50. The topological polar surface area (TPSA) is 55.8 Å². The molecule has 6 aliphatic rings. The largest absolute Gasteiger partial charge is 0.456 e. The van der Waals surface area contributed by atoms with Crippen LogP contribution in [0.25, 0.3) is 0 Å². The van der Waals surface area contributed by atoms with Gasteiger partial charge >= 0.3 is 5.97 Å². The Balaban J connectivity index is 1.42. The van der Waals surface area contributed by atoms with E-state index in [-0.39, 0.29) is 45.9 Å². The number of hydrogen-bond donors (Lipinski definition) is 1. The van der Waals surface area contributed by atoms with Gasteiger partial charge in [0.25, 0.3) is 0 Å². The zero-order chi connectivity index (χ0) is 24.5. The van der Waals surface area contributed by atoms with Crippen molar-refractivity contribution in [1.29, 1.82) is 0 Å². The summed E-state index contributed by atoms with van der Waals surface area (Å²) in [6.07, 6.45) is 12.3. The minimum absolute atomic E-state index is 0.0252. The van der Waals surface area contributed by atoms with Crippen LogP contribution in [0.1, 0.15) is 99.8 Å². The van der Waals surface area contributed by atoms with E-state index in [1.165, 1.54) is 11.1 Å². The van der Waals surface area contributed by atoms with Gasteiger partial charge in [0, 0.05) is 11.3 Å². The molecule has 0 amide bonds. The highest BCUT2D eigenvalue weighted by Crippen LogP contribution is 2.74. The average Bonchev–Trinajstić information content (AvgIpc) is 3.35. The number of rotatable bonds is 1. The lowest BCUT2D eigenvalue weighted by molar-refractivity contribution is -0.171. The first-order valence-corrected chi connectivity index (χ1v) is 13.8. The number of cyclic esters (lactones) is 1. The van der Waals surface area contributed by atoms with Crippen molar-refractivity contribution in [3.05, 3.63) is 23.3 Å². The van der Waals surface area contributed by atoms with E-state index in [1.807, 2.05) is 0 Å². The predicted octanol–water partition coefficient (Wildman–Crippen LogP) is 6.13. The van der Waals surface area contributed by atoms with E-state index in [0.717, 1.165) is 51.4 Å². The molecule has 4 fully saturated rings. The number of carbonyl (C=O) groups is 1.